The van der Waals surface area contributed by atoms with E-state index in [1.165, 1.54) is 11.8 Å². The van der Waals surface area contributed by atoms with Gasteiger partial charge in [-0.1, -0.05) is 15.9 Å². The van der Waals surface area contributed by atoms with Gasteiger partial charge in [-0.15, -0.1) is 11.8 Å². The first kappa shape index (κ1) is 17.2. The van der Waals surface area contributed by atoms with E-state index in [0.717, 1.165) is 33.0 Å². The number of nitrogens with one attached hydrogen (secondary N) is 1. The molecule has 0 aliphatic carbocycles. The standard InChI is InChI=1S/C18H18BrNO3S/c1-12(18(21)20-14-5-3-13(19)4-6-14)24-15-7-8-16-17(11-15)23-10-2-9-22-16/h3-8,11-12H,2,9-10H2,1H3,(H,20,21). The van der Waals surface area contributed by atoms with E-state index in [-0.39, 0.29) is 11.2 Å². The molecule has 0 fully saturated rings. The first-order valence-corrected chi connectivity index (χ1v) is 9.42. The predicted octanol–water partition coefficient (Wildman–Crippen LogP) is 4.73. The van der Waals surface area contributed by atoms with Gasteiger partial charge >= 0.3 is 0 Å². The zero-order valence-corrected chi connectivity index (χ0v) is 15.7. The summed E-state index contributed by atoms with van der Waals surface area (Å²) in [6, 6.07) is 13.3. The quantitative estimate of drug-likeness (QED) is 0.744. The third-order valence-corrected chi connectivity index (χ3v) is 5.14. The van der Waals surface area contributed by atoms with Gasteiger partial charge in [-0.2, -0.15) is 0 Å². The first-order chi connectivity index (χ1) is 11.6. The maximum absolute atomic E-state index is 12.3. The van der Waals surface area contributed by atoms with Crippen LogP contribution in [0.5, 0.6) is 11.5 Å². The topological polar surface area (TPSA) is 47.6 Å². The summed E-state index contributed by atoms with van der Waals surface area (Å²) in [7, 11) is 0. The lowest BCUT2D eigenvalue weighted by atomic mass is 10.3. The average Bonchev–Trinajstić information content (AvgIpc) is 2.81. The number of carbonyl (C=O) groups is 1. The van der Waals surface area contributed by atoms with Crippen molar-refractivity contribution in [1.29, 1.82) is 0 Å². The van der Waals surface area contributed by atoms with E-state index in [0.29, 0.717) is 13.2 Å². The number of amides is 1. The number of hydrogen-bond acceptors (Lipinski definition) is 4. The highest BCUT2D eigenvalue weighted by Gasteiger charge is 2.17. The van der Waals surface area contributed by atoms with E-state index in [1.807, 2.05) is 49.4 Å². The van der Waals surface area contributed by atoms with E-state index in [2.05, 4.69) is 21.2 Å². The fourth-order valence-corrected chi connectivity index (χ4v) is 3.41. The Bertz CT molecular complexity index is 721. The molecule has 4 nitrogen and oxygen atoms in total. The smallest absolute Gasteiger partial charge is 0.237 e. The molecule has 2 aromatic rings. The number of anilines is 1. The number of hydrogen-bond donors (Lipinski definition) is 1. The molecule has 2 aromatic carbocycles. The normalized spacial score (nSPS) is 14.6. The van der Waals surface area contributed by atoms with Crippen molar-refractivity contribution in [3.05, 3.63) is 46.9 Å². The molecule has 0 spiro atoms. The highest BCUT2D eigenvalue weighted by Crippen LogP contribution is 2.35. The van der Waals surface area contributed by atoms with Crippen LogP contribution >= 0.6 is 27.7 Å². The lowest BCUT2D eigenvalue weighted by molar-refractivity contribution is -0.115. The molecule has 1 atom stereocenters. The Morgan fingerprint density at radius 3 is 2.58 bits per heavy atom. The van der Waals surface area contributed by atoms with E-state index in [9.17, 15) is 4.79 Å². The Morgan fingerprint density at radius 1 is 1.12 bits per heavy atom. The Kier molecular flexibility index (Phi) is 5.68. The van der Waals surface area contributed by atoms with Crippen LogP contribution in [0, 0.1) is 0 Å². The van der Waals surface area contributed by atoms with Gasteiger partial charge in [0.05, 0.1) is 18.5 Å². The van der Waals surface area contributed by atoms with E-state index < -0.39 is 0 Å². The molecule has 0 bridgehead atoms. The molecule has 126 valence electrons. The van der Waals surface area contributed by atoms with Crippen LogP contribution in [0.25, 0.3) is 0 Å². The number of fused-ring (bicyclic) bond motifs is 1. The van der Waals surface area contributed by atoms with Crippen molar-refractivity contribution in [2.75, 3.05) is 18.5 Å². The van der Waals surface area contributed by atoms with Crippen molar-refractivity contribution < 1.29 is 14.3 Å². The largest absolute Gasteiger partial charge is 0.490 e. The van der Waals surface area contributed by atoms with Gasteiger partial charge in [0.25, 0.3) is 0 Å². The molecule has 1 unspecified atom stereocenters. The molecule has 24 heavy (non-hydrogen) atoms. The molecule has 0 saturated heterocycles. The zero-order chi connectivity index (χ0) is 16.9. The van der Waals surface area contributed by atoms with Gasteiger partial charge < -0.3 is 14.8 Å². The van der Waals surface area contributed by atoms with E-state index >= 15 is 0 Å². The van der Waals surface area contributed by atoms with Gasteiger partial charge in [0, 0.05) is 21.5 Å². The fraction of sp³-hybridized carbons (Fsp3) is 0.278. The minimum absolute atomic E-state index is 0.0329. The summed E-state index contributed by atoms with van der Waals surface area (Å²) in [6.45, 7) is 3.22. The van der Waals surface area contributed by atoms with Gasteiger partial charge in [0.2, 0.25) is 5.91 Å². The Labute approximate surface area is 154 Å². The van der Waals surface area contributed by atoms with Crippen molar-refractivity contribution in [3.8, 4) is 11.5 Å². The second-order valence-electron chi connectivity index (χ2n) is 5.42. The Balaban J connectivity index is 1.63. The van der Waals surface area contributed by atoms with Crippen molar-refractivity contribution in [2.45, 2.75) is 23.5 Å². The lowest BCUT2D eigenvalue weighted by Gasteiger charge is -2.14. The number of carbonyl (C=O) groups excluding carboxylic acids is 1. The zero-order valence-electron chi connectivity index (χ0n) is 13.3. The van der Waals surface area contributed by atoms with Crippen LogP contribution in [0.15, 0.2) is 51.8 Å². The summed E-state index contributed by atoms with van der Waals surface area (Å²) >= 11 is 4.88. The maximum Gasteiger partial charge on any atom is 0.237 e. The molecule has 1 N–H and O–H groups in total. The molecule has 1 amide bonds. The first-order valence-electron chi connectivity index (χ1n) is 7.74. The van der Waals surface area contributed by atoms with Crippen molar-refractivity contribution in [1.82, 2.24) is 0 Å². The van der Waals surface area contributed by atoms with Gasteiger partial charge in [-0.25, -0.2) is 0 Å². The SMILES string of the molecule is CC(Sc1ccc2c(c1)OCCCO2)C(=O)Nc1ccc(Br)cc1. The third kappa shape index (κ3) is 4.45. The number of halogens is 1. The molecular formula is C18H18BrNO3S. The minimum Gasteiger partial charge on any atom is -0.490 e. The molecule has 6 heteroatoms. The van der Waals surface area contributed by atoms with Crippen molar-refractivity contribution >= 4 is 39.3 Å². The lowest BCUT2D eigenvalue weighted by Crippen LogP contribution is -2.22. The summed E-state index contributed by atoms with van der Waals surface area (Å²) in [5.41, 5.74) is 0.786. The number of benzene rings is 2. The molecule has 1 heterocycles. The monoisotopic (exact) mass is 407 g/mol. The Hall–Kier alpha value is -1.66. The fourth-order valence-electron chi connectivity index (χ4n) is 2.25. The number of rotatable bonds is 4. The van der Waals surface area contributed by atoms with Crippen LogP contribution in [0.2, 0.25) is 0 Å². The van der Waals surface area contributed by atoms with Crippen LogP contribution in [-0.2, 0) is 4.79 Å². The van der Waals surface area contributed by atoms with Gasteiger partial charge in [0.15, 0.2) is 11.5 Å². The van der Waals surface area contributed by atoms with Gasteiger partial charge in [-0.05, 0) is 49.4 Å². The van der Waals surface area contributed by atoms with Crippen molar-refractivity contribution in [2.24, 2.45) is 0 Å². The highest BCUT2D eigenvalue weighted by molar-refractivity contribution is 9.10. The molecular weight excluding hydrogens is 390 g/mol. The minimum atomic E-state index is -0.224. The van der Waals surface area contributed by atoms with E-state index in [1.54, 1.807) is 0 Å². The molecule has 1 aliphatic heterocycles. The second-order valence-corrected chi connectivity index (χ2v) is 7.75. The van der Waals surface area contributed by atoms with Gasteiger partial charge in [0.1, 0.15) is 0 Å². The van der Waals surface area contributed by atoms with E-state index in [4.69, 9.17) is 9.47 Å². The molecule has 1 aliphatic rings. The molecule has 0 aromatic heterocycles. The summed E-state index contributed by atoms with van der Waals surface area (Å²) in [4.78, 5) is 13.3. The number of ether oxygens (including phenoxy) is 2. The Morgan fingerprint density at radius 2 is 1.83 bits per heavy atom. The predicted molar refractivity (Wildman–Crippen MR) is 100 cm³/mol. The summed E-state index contributed by atoms with van der Waals surface area (Å²) < 4.78 is 12.3. The number of thioether (sulfide) groups is 1. The van der Waals surface area contributed by atoms with Crippen LogP contribution < -0.4 is 14.8 Å². The van der Waals surface area contributed by atoms with Crippen LogP contribution in [0.3, 0.4) is 0 Å². The molecule has 0 saturated carbocycles. The maximum atomic E-state index is 12.3. The van der Waals surface area contributed by atoms with Crippen LogP contribution in [0.4, 0.5) is 5.69 Å². The average molecular weight is 408 g/mol. The third-order valence-electron chi connectivity index (χ3n) is 3.51. The molecule has 0 radical (unpaired) electrons. The highest BCUT2D eigenvalue weighted by atomic mass is 79.9. The van der Waals surface area contributed by atoms with Gasteiger partial charge in [-0.3, -0.25) is 4.79 Å². The van der Waals surface area contributed by atoms with Crippen LogP contribution in [-0.4, -0.2) is 24.4 Å². The second kappa shape index (κ2) is 7.94. The summed E-state index contributed by atoms with van der Waals surface area (Å²) in [6.07, 6.45) is 0.878. The van der Waals surface area contributed by atoms with Crippen molar-refractivity contribution in [3.63, 3.8) is 0 Å². The summed E-state index contributed by atoms with van der Waals surface area (Å²) in [5.74, 6) is 1.48. The van der Waals surface area contributed by atoms with Crippen LogP contribution in [0.1, 0.15) is 13.3 Å². The molecule has 3 rings (SSSR count). The summed E-state index contributed by atoms with van der Waals surface area (Å²) in [5, 5.41) is 2.70.